The van der Waals surface area contributed by atoms with Crippen LogP contribution in [0.5, 0.6) is 0 Å². The lowest BCUT2D eigenvalue weighted by atomic mass is 9.99. The van der Waals surface area contributed by atoms with Gasteiger partial charge in [0.05, 0.1) is 12.2 Å². The highest BCUT2D eigenvalue weighted by molar-refractivity contribution is 6.30. The Labute approximate surface area is 181 Å². The maximum Gasteiger partial charge on any atom is 0.228 e. The van der Waals surface area contributed by atoms with E-state index in [9.17, 15) is 0 Å². The molecule has 0 atom stereocenters. The SMILES string of the molecule is CCC(CC)c1cc(CNC(=NC)NCCc2nc(-c3cccc(Cl)c3)no2)on1. The molecule has 0 bridgehead atoms. The van der Waals surface area contributed by atoms with Crippen molar-refractivity contribution in [3.05, 3.63) is 52.7 Å². The predicted molar refractivity (Wildman–Crippen MR) is 116 cm³/mol. The second-order valence-electron chi connectivity index (χ2n) is 6.86. The van der Waals surface area contributed by atoms with Crippen LogP contribution in [0, 0.1) is 0 Å². The fourth-order valence-electron chi connectivity index (χ4n) is 3.09. The van der Waals surface area contributed by atoms with Gasteiger partial charge >= 0.3 is 0 Å². The van der Waals surface area contributed by atoms with E-state index in [1.165, 1.54) is 0 Å². The zero-order valence-corrected chi connectivity index (χ0v) is 18.2. The second-order valence-corrected chi connectivity index (χ2v) is 7.29. The van der Waals surface area contributed by atoms with Gasteiger partial charge in [-0.15, -0.1) is 0 Å². The molecule has 2 N–H and O–H groups in total. The van der Waals surface area contributed by atoms with Gasteiger partial charge in [0.2, 0.25) is 11.7 Å². The summed E-state index contributed by atoms with van der Waals surface area (Å²) in [4.78, 5) is 8.64. The van der Waals surface area contributed by atoms with Gasteiger partial charge in [0.25, 0.3) is 0 Å². The molecule has 2 aromatic heterocycles. The number of aliphatic imine (C=N–C) groups is 1. The van der Waals surface area contributed by atoms with Crippen molar-refractivity contribution in [2.75, 3.05) is 13.6 Å². The highest BCUT2D eigenvalue weighted by atomic mass is 35.5. The van der Waals surface area contributed by atoms with Crippen molar-refractivity contribution in [3.8, 4) is 11.4 Å². The monoisotopic (exact) mass is 430 g/mol. The lowest BCUT2D eigenvalue weighted by molar-refractivity contribution is 0.367. The topological polar surface area (TPSA) is 101 Å². The molecule has 0 spiro atoms. The van der Waals surface area contributed by atoms with Crippen molar-refractivity contribution in [1.82, 2.24) is 25.9 Å². The van der Waals surface area contributed by atoms with Gasteiger partial charge in [0, 0.05) is 42.6 Å². The maximum atomic E-state index is 6.01. The minimum atomic E-state index is 0.436. The maximum absolute atomic E-state index is 6.01. The van der Waals surface area contributed by atoms with Crippen LogP contribution in [0.4, 0.5) is 0 Å². The normalized spacial score (nSPS) is 11.8. The summed E-state index contributed by atoms with van der Waals surface area (Å²) in [5.74, 6) is 2.94. The molecule has 0 aliphatic rings. The summed E-state index contributed by atoms with van der Waals surface area (Å²) in [6.45, 7) is 5.42. The van der Waals surface area contributed by atoms with Crippen LogP contribution in [0.15, 0.2) is 44.4 Å². The third-order valence-electron chi connectivity index (χ3n) is 4.82. The number of nitrogens with one attached hydrogen (secondary N) is 2. The molecule has 1 aromatic carbocycles. The molecule has 8 nitrogen and oxygen atoms in total. The summed E-state index contributed by atoms with van der Waals surface area (Å²) in [5.41, 5.74) is 1.83. The van der Waals surface area contributed by atoms with Gasteiger partial charge in [-0.2, -0.15) is 4.98 Å². The van der Waals surface area contributed by atoms with Crippen LogP contribution in [-0.2, 0) is 13.0 Å². The molecule has 0 saturated carbocycles. The van der Waals surface area contributed by atoms with Gasteiger partial charge in [-0.25, -0.2) is 0 Å². The molecule has 0 radical (unpaired) electrons. The Balaban J connectivity index is 1.46. The average molecular weight is 431 g/mol. The van der Waals surface area contributed by atoms with Gasteiger partial charge in [-0.3, -0.25) is 4.99 Å². The molecule has 0 saturated heterocycles. The van der Waals surface area contributed by atoms with Crippen LogP contribution in [0.25, 0.3) is 11.4 Å². The van der Waals surface area contributed by atoms with Crippen molar-refractivity contribution >= 4 is 17.6 Å². The van der Waals surface area contributed by atoms with Gasteiger partial charge in [0.15, 0.2) is 11.7 Å². The fraction of sp³-hybridized carbons (Fsp3) is 0.429. The van der Waals surface area contributed by atoms with E-state index >= 15 is 0 Å². The van der Waals surface area contributed by atoms with Crippen molar-refractivity contribution in [2.24, 2.45) is 4.99 Å². The Bertz CT molecular complexity index is 964. The highest BCUT2D eigenvalue weighted by Crippen LogP contribution is 2.22. The summed E-state index contributed by atoms with van der Waals surface area (Å²) in [6, 6.07) is 9.36. The van der Waals surface area contributed by atoms with Gasteiger partial charge in [0.1, 0.15) is 0 Å². The summed E-state index contributed by atoms with van der Waals surface area (Å²) < 4.78 is 10.8. The Morgan fingerprint density at radius 2 is 1.97 bits per heavy atom. The van der Waals surface area contributed by atoms with Gasteiger partial charge in [-0.05, 0) is 25.0 Å². The Kier molecular flexibility index (Phi) is 7.84. The average Bonchev–Trinajstić information content (AvgIpc) is 3.41. The molecule has 0 aliphatic carbocycles. The van der Waals surface area contributed by atoms with Gasteiger partial charge < -0.3 is 19.7 Å². The highest BCUT2D eigenvalue weighted by Gasteiger charge is 2.13. The van der Waals surface area contributed by atoms with Crippen LogP contribution in [0.3, 0.4) is 0 Å². The minimum Gasteiger partial charge on any atom is -0.359 e. The molecule has 3 aromatic rings. The quantitative estimate of drug-likeness (QED) is 0.387. The number of hydrogen-bond acceptors (Lipinski definition) is 6. The summed E-state index contributed by atoms with van der Waals surface area (Å²) in [7, 11) is 1.72. The number of rotatable bonds is 9. The second kappa shape index (κ2) is 10.8. The molecule has 30 heavy (non-hydrogen) atoms. The third kappa shape index (κ3) is 5.82. The van der Waals surface area contributed by atoms with Crippen molar-refractivity contribution in [3.63, 3.8) is 0 Å². The lowest BCUT2D eigenvalue weighted by Gasteiger charge is -2.09. The molecule has 0 amide bonds. The third-order valence-corrected chi connectivity index (χ3v) is 5.05. The first kappa shape index (κ1) is 21.8. The number of hydrogen-bond donors (Lipinski definition) is 2. The molecule has 160 valence electrons. The minimum absolute atomic E-state index is 0.436. The standard InChI is InChI=1S/C21H27ClN6O2/c1-4-14(5-2)18-12-17(29-27-18)13-25-21(23-3)24-10-9-19-26-20(28-30-19)15-7-6-8-16(22)11-15/h6-8,11-12,14H,4-5,9-10,13H2,1-3H3,(H2,23,24,25). The first-order valence-corrected chi connectivity index (χ1v) is 10.5. The Morgan fingerprint density at radius 3 is 2.70 bits per heavy atom. The van der Waals surface area contributed by atoms with Crippen molar-refractivity contribution in [2.45, 2.75) is 45.6 Å². The molecule has 0 fully saturated rings. The van der Waals surface area contributed by atoms with E-state index in [0.717, 1.165) is 29.9 Å². The number of halogens is 1. The molecule has 2 heterocycles. The zero-order chi connectivity index (χ0) is 21.3. The zero-order valence-electron chi connectivity index (χ0n) is 17.5. The summed E-state index contributed by atoms with van der Waals surface area (Å²) in [6.07, 6.45) is 2.66. The molecule has 9 heteroatoms. The fourth-order valence-corrected chi connectivity index (χ4v) is 3.28. The van der Waals surface area contributed by atoms with E-state index in [1.54, 1.807) is 19.2 Å². The predicted octanol–water partition coefficient (Wildman–Crippen LogP) is 4.19. The molecule has 0 unspecified atom stereocenters. The van der Waals surface area contributed by atoms with E-state index < -0.39 is 0 Å². The summed E-state index contributed by atoms with van der Waals surface area (Å²) >= 11 is 6.01. The van der Waals surface area contributed by atoms with Gasteiger partial charge in [-0.1, -0.05) is 47.9 Å². The molecule has 3 rings (SSSR count). The number of benzene rings is 1. The summed E-state index contributed by atoms with van der Waals surface area (Å²) in [5, 5.41) is 15.3. The van der Waals surface area contributed by atoms with E-state index in [4.69, 9.17) is 20.6 Å². The number of guanidine groups is 1. The Hall–Kier alpha value is -2.87. The van der Waals surface area contributed by atoms with Crippen LogP contribution in [0.1, 0.15) is 50.0 Å². The van der Waals surface area contributed by atoms with Crippen LogP contribution in [0.2, 0.25) is 5.02 Å². The largest absolute Gasteiger partial charge is 0.359 e. The first-order chi connectivity index (χ1) is 14.6. The van der Waals surface area contributed by atoms with E-state index in [-0.39, 0.29) is 0 Å². The number of nitrogens with zero attached hydrogens (tertiary/aromatic N) is 4. The van der Waals surface area contributed by atoms with E-state index in [0.29, 0.717) is 48.1 Å². The van der Waals surface area contributed by atoms with E-state index in [2.05, 4.69) is 44.8 Å². The van der Waals surface area contributed by atoms with E-state index in [1.807, 2.05) is 18.2 Å². The number of aromatic nitrogens is 3. The van der Waals surface area contributed by atoms with Crippen molar-refractivity contribution < 1.29 is 9.05 Å². The van der Waals surface area contributed by atoms with Crippen LogP contribution < -0.4 is 10.6 Å². The van der Waals surface area contributed by atoms with Crippen molar-refractivity contribution in [1.29, 1.82) is 0 Å². The Morgan fingerprint density at radius 1 is 1.13 bits per heavy atom. The smallest absolute Gasteiger partial charge is 0.228 e. The van der Waals surface area contributed by atoms with Crippen LogP contribution in [-0.4, -0.2) is 34.8 Å². The molecular formula is C21H27ClN6O2. The first-order valence-electron chi connectivity index (χ1n) is 10.1. The molecule has 0 aliphatic heterocycles. The lowest BCUT2D eigenvalue weighted by Crippen LogP contribution is -2.37. The van der Waals surface area contributed by atoms with Crippen LogP contribution >= 0.6 is 11.6 Å². The molecular weight excluding hydrogens is 404 g/mol.